The molecule has 2 heterocycles. The number of H-pyrrole nitrogens is 1. The van der Waals surface area contributed by atoms with Gasteiger partial charge in [0.25, 0.3) is 0 Å². The third-order valence-electron chi connectivity index (χ3n) is 4.88. The van der Waals surface area contributed by atoms with Crippen molar-refractivity contribution in [1.29, 1.82) is 0 Å². The molecule has 1 amide bonds. The van der Waals surface area contributed by atoms with Crippen LogP contribution in [0.5, 0.6) is 0 Å². The molecule has 1 aliphatic rings. The number of para-hydroxylation sites is 1. The Labute approximate surface area is 158 Å². The number of aromatic amines is 1. The molecule has 6 heteroatoms. The fourth-order valence-electron chi connectivity index (χ4n) is 3.40. The Hall–Kier alpha value is -2.18. The quantitative estimate of drug-likeness (QED) is 0.762. The molecule has 2 aromatic rings. The van der Waals surface area contributed by atoms with E-state index in [0.717, 1.165) is 23.1 Å². The molecular weight excluding hydrogens is 347 g/mol. The molecule has 0 saturated carbocycles. The maximum absolute atomic E-state index is 13.9. The van der Waals surface area contributed by atoms with Gasteiger partial charge in [-0.1, -0.05) is 23.8 Å². The summed E-state index contributed by atoms with van der Waals surface area (Å²) in [5, 5.41) is 3.78. The first-order valence-corrected chi connectivity index (χ1v) is 9.33. The molecule has 0 spiro atoms. The molecule has 1 fully saturated rings. The molecule has 1 aromatic carbocycles. The number of aromatic nitrogens is 1. The molecule has 5 nitrogen and oxygen atoms in total. The summed E-state index contributed by atoms with van der Waals surface area (Å²) >= 11 is 0. The molecule has 3 rings (SSSR count). The largest absolute Gasteiger partial charge is 0.379 e. The van der Waals surface area contributed by atoms with Crippen molar-refractivity contribution >= 4 is 16.8 Å². The number of hydrogen-bond donors (Lipinski definition) is 2. The molecule has 0 aliphatic carbocycles. The van der Waals surface area contributed by atoms with E-state index in [4.69, 9.17) is 9.47 Å². The maximum Gasteiger partial charge on any atom is 0.224 e. The first-order chi connectivity index (χ1) is 13.0. The second kappa shape index (κ2) is 8.67. The molecular formula is C21H27FN2O3. The summed E-state index contributed by atoms with van der Waals surface area (Å²) in [6.07, 6.45) is 2.89. The van der Waals surface area contributed by atoms with E-state index in [0.29, 0.717) is 25.3 Å². The average Bonchev–Trinajstić information content (AvgIpc) is 2.93. The Morgan fingerprint density at radius 1 is 1.44 bits per heavy atom. The molecule has 2 N–H and O–H groups in total. The summed E-state index contributed by atoms with van der Waals surface area (Å²) in [4.78, 5) is 15.7. The summed E-state index contributed by atoms with van der Waals surface area (Å²) in [5.74, 6) is -0.426. The van der Waals surface area contributed by atoms with Gasteiger partial charge in [0.15, 0.2) is 0 Å². The Balaban J connectivity index is 1.67. The van der Waals surface area contributed by atoms with Gasteiger partial charge in [-0.2, -0.15) is 0 Å². The van der Waals surface area contributed by atoms with E-state index in [1.165, 1.54) is 11.6 Å². The summed E-state index contributed by atoms with van der Waals surface area (Å²) in [5.41, 5.74) is 3.27. The predicted molar refractivity (Wildman–Crippen MR) is 103 cm³/mol. The van der Waals surface area contributed by atoms with Crippen molar-refractivity contribution in [1.82, 2.24) is 10.3 Å². The van der Waals surface area contributed by atoms with Crippen LogP contribution in [0.2, 0.25) is 0 Å². The van der Waals surface area contributed by atoms with Gasteiger partial charge >= 0.3 is 0 Å². The van der Waals surface area contributed by atoms with E-state index >= 15 is 0 Å². The number of carbonyl (C=O) groups excluding carboxylic acids is 1. The smallest absolute Gasteiger partial charge is 0.224 e. The summed E-state index contributed by atoms with van der Waals surface area (Å²) < 4.78 is 25.4. The van der Waals surface area contributed by atoms with Crippen molar-refractivity contribution in [2.24, 2.45) is 0 Å². The highest BCUT2D eigenvalue weighted by molar-refractivity contribution is 5.90. The fraction of sp³-hybridized carbons (Fsp3) is 0.476. The van der Waals surface area contributed by atoms with E-state index in [9.17, 15) is 9.18 Å². The topological polar surface area (TPSA) is 63.4 Å². The minimum absolute atomic E-state index is 0.0696. The molecule has 0 radical (unpaired) electrons. The third-order valence-corrected chi connectivity index (χ3v) is 4.88. The molecule has 1 saturated heterocycles. The van der Waals surface area contributed by atoms with Crippen LogP contribution in [-0.2, 0) is 20.7 Å². The van der Waals surface area contributed by atoms with E-state index < -0.39 is 0 Å². The van der Waals surface area contributed by atoms with E-state index in [1.54, 1.807) is 6.07 Å². The van der Waals surface area contributed by atoms with Gasteiger partial charge < -0.3 is 19.8 Å². The fourth-order valence-corrected chi connectivity index (χ4v) is 3.40. The van der Waals surface area contributed by atoms with Crippen molar-refractivity contribution in [3.63, 3.8) is 0 Å². The lowest BCUT2D eigenvalue weighted by molar-refractivity contribution is -0.125. The number of fused-ring (bicyclic) bond motifs is 1. The van der Waals surface area contributed by atoms with Crippen LogP contribution < -0.4 is 5.32 Å². The second-order valence-electron chi connectivity index (χ2n) is 7.26. The standard InChI is InChI=1S/C21H27FN2O3/c1-13(2)7-10-27-19-8-9-26-12-18(19)24-20(25)11-16-14(3)23-21-15(16)5-4-6-17(21)22/h4-7,18-19,23H,8-12H2,1-3H3,(H,24,25)/t18-,19+/m1/s1. The van der Waals surface area contributed by atoms with Crippen LogP contribution in [0.1, 0.15) is 31.5 Å². The predicted octanol–water partition coefficient (Wildman–Crippen LogP) is 3.41. The lowest BCUT2D eigenvalue weighted by Crippen LogP contribution is -2.51. The van der Waals surface area contributed by atoms with Gasteiger partial charge in [0.2, 0.25) is 5.91 Å². The number of aryl methyl sites for hydroxylation is 1. The summed E-state index contributed by atoms with van der Waals surface area (Å²) in [6, 6.07) is 4.73. The lowest BCUT2D eigenvalue weighted by atomic mass is 10.0. The third kappa shape index (κ3) is 4.76. The summed E-state index contributed by atoms with van der Waals surface area (Å²) in [7, 11) is 0. The van der Waals surface area contributed by atoms with Gasteiger partial charge in [0.1, 0.15) is 5.82 Å². The van der Waals surface area contributed by atoms with Gasteiger partial charge in [-0.15, -0.1) is 0 Å². The van der Waals surface area contributed by atoms with E-state index in [-0.39, 0.29) is 30.3 Å². The van der Waals surface area contributed by atoms with Crippen LogP contribution in [0.4, 0.5) is 4.39 Å². The van der Waals surface area contributed by atoms with Crippen LogP contribution in [0.3, 0.4) is 0 Å². The van der Waals surface area contributed by atoms with Crippen molar-refractivity contribution < 1.29 is 18.7 Å². The zero-order valence-electron chi connectivity index (χ0n) is 16.1. The number of halogens is 1. The van der Waals surface area contributed by atoms with E-state index in [1.807, 2.05) is 32.9 Å². The minimum Gasteiger partial charge on any atom is -0.379 e. The number of amides is 1. The van der Waals surface area contributed by atoms with Crippen LogP contribution in [0.15, 0.2) is 29.8 Å². The number of rotatable bonds is 6. The first kappa shape index (κ1) is 19.6. The van der Waals surface area contributed by atoms with Gasteiger partial charge in [0.05, 0.1) is 37.3 Å². The molecule has 0 unspecified atom stereocenters. The molecule has 27 heavy (non-hydrogen) atoms. The highest BCUT2D eigenvalue weighted by atomic mass is 19.1. The number of ether oxygens (including phenoxy) is 2. The van der Waals surface area contributed by atoms with Crippen LogP contribution in [-0.4, -0.2) is 42.9 Å². The van der Waals surface area contributed by atoms with Gasteiger partial charge in [-0.05, 0) is 38.8 Å². The highest BCUT2D eigenvalue weighted by Gasteiger charge is 2.28. The molecule has 0 bridgehead atoms. The van der Waals surface area contributed by atoms with Gasteiger partial charge in [-0.3, -0.25) is 4.79 Å². The van der Waals surface area contributed by atoms with Gasteiger partial charge in [-0.25, -0.2) is 4.39 Å². The van der Waals surface area contributed by atoms with Crippen molar-refractivity contribution in [2.45, 2.75) is 45.8 Å². The van der Waals surface area contributed by atoms with Crippen molar-refractivity contribution in [3.8, 4) is 0 Å². The highest BCUT2D eigenvalue weighted by Crippen LogP contribution is 2.24. The van der Waals surface area contributed by atoms with Crippen LogP contribution >= 0.6 is 0 Å². The Morgan fingerprint density at radius 2 is 2.26 bits per heavy atom. The van der Waals surface area contributed by atoms with Gasteiger partial charge in [0, 0.05) is 17.7 Å². The molecule has 2 atom stereocenters. The minimum atomic E-state index is -0.310. The number of hydrogen-bond acceptors (Lipinski definition) is 3. The monoisotopic (exact) mass is 374 g/mol. The molecule has 146 valence electrons. The van der Waals surface area contributed by atoms with Crippen molar-refractivity contribution in [3.05, 3.63) is 46.9 Å². The normalized spacial score (nSPS) is 19.9. The number of nitrogens with one attached hydrogen (secondary N) is 2. The zero-order valence-corrected chi connectivity index (χ0v) is 16.1. The average molecular weight is 374 g/mol. The second-order valence-corrected chi connectivity index (χ2v) is 7.26. The Bertz CT molecular complexity index is 839. The summed E-state index contributed by atoms with van der Waals surface area (Å²) in [6.45, 7) is 7.51. The number of benzene rings is 1. The Kier molecular flexibility index (Phi) is 6.29. The number of allylic oxidation sites excluding steroid dienone is 1. The molecule has 1 aromatic heterocycles. The SMILES string of the molecule is CC(C)=CCO[C@H]1CCOC[C@H]1NC(=O)Cc1c(C)[nH]c2c(F)cccc12. The van der Waals surface area contributed by atoms with Crippen LogP contribution in [0, 0.1) is 12.7 Å². The zero-order chi connectivity index (χ0) is 19.4. The first-order valence-electron chi connectivity index (χ1n) is 9.33. The van der Waals surface area contributed by atoms with E-state index in [2.05, 4.69) is 10.3 Å². The molecule has 1 aliphatic heterocycles. The lowest BCUT2D eigenvalue weighted by Gasteiger charge is -2.32. The number of carbonyl (C=O) groups is 1. The van der Waals surface area contributed by atoms with Crippen LogP contribution in [0.25, 0.3) is 10.9 Å². The maximum atomic E-state index is 13.9. The van der Waals surface area contributed by atoms with Crippen molar-refractivity contribution in [2.75, 3.05) is 19.8 Å². The Morgan fingerprint density at radius 3 is 3.04 bits per heavy atom.